The van der Waals surface area contributed by atoms with Crippen molar-refractivity contribution in [2.24, 2.45) is 0 Å². The summed E-state index contributed by atoms with van der Waals surface area (Å²) < 4.78 is 7.10. The quantitative estimate of drug-likeness (QED) is 0.918. The van der Waals surface area contributed by atoms with Gasteiger partial charge in [-0.05, 0) is 19.9 Å². The molecule has 0 radical (unpaired) electrons. The molecule has 1 N–H and O–H groups in total. The van der Waals surface area contributed by atoms with Gasteiger partial charge in [0.25, 0.3) is 5.91 Å². The maximum Gasteiger partial charge on any atom is 0.328 e. The molecule has 1 aliphatic rings. The average molecular weight is 335 g/mol. The van der Waals surface area contributed by atoms with Crippen molar-refractivity contribution in [3.05, 3.63) is 34.6 Å². The number of amides is 1. The highest BCUT2D eigenvalue weighted by molar-refractivity contribution is 7.12. The number of aryl methyl sites for hydroxylation is 1. The fourth-order valence-electron chi connectivity index (χ4n) is 2.81. The summed E-state index contributed by atoms with van der Waals surface area (Å²) in [7, 11) is 0. The number of carboxylic acids is 1. The highest BCUT2D eigenvalue weighted by atomic mass is 32.1. The fourth-order valence-corrected chi connectivity index (χ4v) is 3.56. The van der Waals surface area contributed by atoms with Crippen molar-refractivity contribution >= 4 is 23.2 Å². The van der Waals surface area contributed by atoms with Gasteiger partial charge in [-0.25, -0.2) is 9.78 Å². The minimum Gasteiger partial charge on any atom is -0.480 e. The predicted octanol–water partition coefficient (Wildman–Crippen LogP) is 1.48. The molecule has 3 rings (SSSR count). The minimum absolute atomic E-state index is 0.0201. The van der Waals surface area contributed by atoms with Crippen molar-refractivity contribution in [1.82, 2.24) is 14.5 Å². The first-order chi connectivity index (χ1) is 11.0. The van der Waals surface area contributed by atoms with Crippen LogP contribution in [-0.2, 0) is 9.53 Å². The van der Waals surface area contributed by atoms with Gasteiger partial charge in [0, 0.05) is 29.5 Å². The highest BCUT2D eigenvalue weighted by Crippen LogP contribution is 2.24. The van der Waals surface area contributed by atoms with Crippen LogP contribution in [0, 0.1) is 13.8 Å². The van der Waals surface area contributed by atoms with Crippen molar-refractivity contribution in [2.75, 3.05) is 19.8 Å². The van der Waals surface area contributed by atoms with Crippen LogP contribution in [-0.4, -0.2) is 57.2 Å². The van der Waals surface area contributed by atoms with E-state index in [1.807, 2.05) is 23.8 Å². The molecule has 2 aromatic rings. The molecule has 23 heavy (non-hydrogen) atoms. The molecule has 0 spiro atoms. The molecule has 1 saturated heterocycles. The molecule has 1 fully saturated rings. The Hall–Kier alpha value is -2.19. The predicted molar refractivity (Wildman–Crippen MR) is 84.2 cm³/mol. The summed E-state index contributed by atoms with van der Waals surface area (Å²) in [5.74, 6) is -1.33. The molecule has 0 aromatic carbocycles. The number of carbonyl (C=O) groups is 2. The van der Waals surface area contributed by atoms with Gasteiger partial charge in [0.15, 0.2) is 11.2 Å². The van der Waals surface area contributed by atoms with Crippen LogP contribution in [0.2, 0.25) is 0 Å². The molecule has 1 amide bonds. The van der Waals surface area contributed by atoms with E-state index in [0.717, 1.165) is 16.5 Å². The SMILES string of the molecule is Cc1cc(C(=O)N2CCOCC2C(=O)O)c(C)n1-c1nccs1. The average Bonchev–Trinajstić information content (AvgIpc) is 3.14. The van der Waals surface area contributed by atoms with Crippen molar-refractivity contribution in [1.29, 1.82) is 0 Å². The zero-order chi connectivity index (χ0) is 16.6. The molecule has 1 atom stereocenters. The summed E-state index contributed by atoms with van der Waals surface area (Å²) in [6.45, 7) is 4.39. The smallest absolute Gasteiger partial charge is 0.328 e. The molecule has 1 aliphatic heterocycles. The van der Waals surface area contributed by atoms with E-state index in [9.17, 15) is 14.7 Å². The van der Waals surface area contributed by atoms with E-state index in [2.05, 4.69) is 4.98 Å². The number of thiazole rings is 1. The number of carboxylic acid groups (broad SMARTS) is 1. The molecule has 3 heterocycles. The molecule has 0 saturated carbocycles. The van der Waals surface area contributed by atoms with E-state index in [1.54, 1.807) is 12.3 Å². The van der Waals surface area contributed by atoms with E-state index < -0.39 is 12.0 Å². The normalized spacial score (nSPS) is 18.2. The number of ether oxygens (including phenoxy) is 1. The number of nitrogens with zero attached hydrogens (tertiary/aromatic N) is 3. The first kappa shape index (κ1) is 15.7. The van der Waals surface area contributed by atoms with Gasteiger partial charge in [0.2, 0.25) is 0 Å². The van der Waals surface area contributed by atoms with Gasteiger partial charge in [0.1, 0.15) is 0 Å². The highest BCUT2D eigenvalue weighted by Gasteiger charge is 2.34. The first-order valence-corrected chi connectivity index (χ1v) is 8.09. The maximum absolute atomic E-state index is 12.8. The molecule has 7 nitrogen and oxygen atoms in total. The van der Waals surface area contributed by atoms with Crippen molar-refractivity contribution in [3.63, 3.8) is 0 Å². The maximum atomic E-state index is 12.8. The molecule has 2 aromatic heterocycles. The van der Waals surface area contributed by atoms with E-state index >= 15 is 0 Å². The summed E-state index contributed by atoms with van der Waals surface area (Å²) in [6.07, 6.45) is 1.71. The van der Waals surface area contributed by atoms with Crippen molar-refractivity contribution in [2.45, 2.75) is 19.9 Å². The molecular formula is C15H17N3O4S. The van der Waals surface area contributed by atoms with Gasteiger partial charge >= 0.3 is 5.97 Å². The van der Waals surface area contributed by atoms with Gasteiger partial charge in [-0.1, -0.05) is 0 Å². The lowest BCUT2D eigenvalue weighted by Crippen LogP contribution is -2.52. The summed E-state index contributed by atoms with van der Waals surface area (Å²) >= 11 is 1.48. The van der Waals surface area contributed by atoms with E-state index in [0.29, 0.717) is 12.2 Å². The Morgan fingerprint density at radius 2 is 2.22 bits per heavy atom. The van der Waals surface area contributed by atoms with Gasteiger partial charge in [-0.3, -0.25) is 9.36 Å². The standard InChI is InChI=1S/C15H17N3O4S/c1-9-7-11(10(2)18(9)15-16-3-6-23-15)13(19)17-4-5-22-8-12(17)14(20)21/h3,6-7,12H,4-5,8H2,1-2H3,(H,20,21). The number of hydrogen-bond donors (Lipinski definition) is 1. The van der Waals surface area contributed by atoms with Crippen molar-refractivity contribution < 1.29 is 19.4 Å². The van der Waals surface area contributed by atoms with Crippen LogP contribution in [0.5, 0.6) is 0 Å². The number of aliphatic carboxylic acids is 1. The second kappa shape index (κ2) is 6.13. The van der Waals surface area contributed by atoms with Crippen molar-refractivity contribution in [3.8, 4) is 5.13 Å². The van der Waals surface area contributed by atoms with Crippen LogP contribution in [0.1, 0.15) is 21.7 Å². The summed E-state index contributed by atoms with van der Waals surface area (Å²) in [4.78, 5) is 29.9. The molecular weight excluding hydrogens is 318 g/mol. The molecule has 1 unspecified atom stereocenters. The summed E-state index contributed by atoms with van der Waals surface area (Å²) in [6, 6.07) is 0.840. The van der Waals surface area contributed by atoms with E-state index in [4.69, 9.17) is 4.74 Å². The molecule has 122 valence electrons. The fraction of sp³-hybridized carbons (Fsp3) is 0.400. The van der Waals surface area contributed by atoms with Crippen LogP contribution in [0.4, 0.5) is 0 Å². The van der Waals surface area contributed by atoms with Crippen LogP contribution in [0.15, 0.2) is 17.6 Å². The third kappa shape index (κ3) is 2.75. The zero-order valence-corrected chi connectivity index (χ0v) is 13.7. The lowest BCUT2D eigenvalue weighted by Gasteiger charge is -2.32. The van der Waals surface area contributed by atoms with Crippen LogP contribution in [0.25, 0.3) is 5.13 Å². The van der Waals surface area contributed by atoms with Crippen LogP contribution >= 0.6 is 11.3 Å². The summed E-state index contributed by atoms with van der Waals surface area (Å²) in [5.41, 5.74) is 2.16. The lowest BCUT2D eigenvalue weighted by molar-refractivity contribution is -0.147. The Labute approximate surface area is 137 Å². The Bertz CT molecular complexity index is 738. The van der Waals surface area contributed by atoms with Crippen LogP contribution < -0.4 is 0 Å². The monoisotopic (exact) mass is 335 g/mol. The van der Waals surface area contributed by atoms with Gasteiger partial charge < -0.3 is 14.7 Å². The number of hydrogen-bond acceptors (Lipinski definition) is 5. The Balaban J connectivity index is 1.97. The molecule has 8 heteroatoms. The van der Waals surface area contributed by atoms with Gasteiger partial charge in [0.05, 0.1) is 18.8 Å². The Morgan fingerprint density at radius 3 is 2.87 bits per heavy atom. The number of carbonyl (C=O) groups excluding carboxylic acids is 1. The van der Waals surface area contributed by atoms with Gasteiger partial charge in [-0.15, -0.1) is 11.3 Å². The van der Waals surface area contributed by atoms with E-state index in [-0.39, 0.29) is 19.1 Å². The Kier molecular flexibility index (Phi) is 4.18. The number of morpholine rings is 1. The second-order valence-corrected chi connectivity index (χ2v) is 6.24. The Morgan fingerprint density at radius 1 is 1.43 bits per heavy atom. The zero-order valence-electron chi connectivity index (χ0n) is 12.9. The first-order valence-electron chi connectivity index (χ1n) is 7.21. The van der Waals surface area contributed by atoms with E-state index in [1.165, 1.54) is 16.2 Å². The lowest BCUT2D eigenvalue weighted by atomic mass is 10.1. The second-order valence-electron chi connectivity index (χ2n) is 5.36. The largest absolute Gasteiger partial charge is 0.480 e. The minimum atomic E-state index is -1.05. The number of aromatic nitrogens is 2. The number of rotatable bonds is 3. The van der Waals surface area contributed by atoms with Gasteiger partial charge in [-0.2, -0.15) is 0 Å². The summed E-state index contributed by atoms with van der Waals surface area (Å²) in [5, 5.41) is 12.0. The molecule has 0 bridgehead atoms. The molecule has 0 aliphatic carbocycles. The third-order valence-electron chi connectivity index (χ3n) is 3.95. The topological polar surface area (TPSA) is 84.7 Å². The van der Waals surface area contributed by atoms with Crippen LogP contribution in [0.3, 0.4) is 0 Å². The third-order valence-corrected chi connectivity index (χ3v) is 4.70.